The van der Waals surface area contributed by atoms with Crippen molar-refractivity contribution in [2.45, 2.75) is 24.5 Å². The Morgan fingerprint density at radius 1 is 1.11 bits per heavy atom. The summed E-state index contributed by atoms with van der Waals surface area (Å²) in [5, 5.41) is 44.8. The molecule has 12 heteroatoms. The number of aromatic hydroxyl groups is 1. The first-order valence-corrected chi connectivity index (χ1v) is 11.4. The number of phenolic OH excluding ortho intramolecular Hbond substituents is 1. The number of carbonyl (C=O) groups excluding carboxylic acids is 4. The van der Waals surface area contributed by atoms with E-state index in [9.17, 15) is 39.6 Å². The van der Waals surface area contributed by atoms with Gasteiger partial charge in [0, 0.05) is 25.7 Å². The van der Waals surface area contributed by atoms with Crippen LogP contribution in [0.1, 0.15) is 22.3 Å². The molecule has 0 bridgehead atoms. The second-order valence-electron chi connectivity index (χ2n) is 10.1. The van der Waals surface area contributed by atoms with Gasteiger partial charge >= 0.3 is 5.97 Å². The number of ketones is 2. The number of rotatable bonds is 4. The zero-order valence-electron chi connectivity index (χ0n) is 21.0. The number of hydrogen-bond acceptors (Lipinski definition) is 11. The van der Waals surface area contributed by atoms with Crippen molar-refractivity contribution < 1.29 is 44.3 Å². The molecule has 0 aromatic heterocycles. The summed E-state index contributed by atoms with van der Waals surface area (Å²) in [6.45, 7) is 0. The van der Waals surface area contributed by atoms with Gasteiger partial charge in [0.2, 0.25) is 5.78 Å². The lowest BCUT2D eigenvalue weighted by Crippen LogP contribution is -2.66. The van der Waals surface area contributed by atoms with Crippen LogP contribution in [-0.4, -0.2) is 95.7 Å². The highest BCUT2D eigenvalue weighted by atomic mass is 16.5. The second-order valence-corrected chi connectivity index (χ2v) is 10.1. The Morgan fingerprint density at radius 2 is 1.73 bits per heavy atom. The smallest absolute Gasteiger partial charge is 0.316 e. The van der Waals surface area contributed by atoms with Gasteiger partial charge in [0.25, 0.3) is 5.91 Å². The Morgan fingerprint density at radius 3 is 2.24 bits per heavy atom. The van der Waals surface area contributed by atoms with Crippen molar-refractivity contribution in [1.82, 2.24) is 4.90 Å². The number of likely N-dealkylation sites (N-methyl/N-ethyl adjacent to an activating group) is 1. The third-order valence-corrected chi connectivity index (χ3v) is 7.73. The third-order valence-electron chi connectivity index (χ3n) is 7.73. The maximum atomic E-state index is 13.9. The van der Waals surface area contributed by atoms with Gasteiger partial charge in [-0.25, -0.2) is 0 Å². The van der Waals surface area contributed by atoms with E-state index >= 15 is 0 Å². The van der Waals surface area contributed by atoms with E-state index in [-0.39, 0.29) is 12.0 Å². The lowest BCUT2D eigenvalue weighted by Gasteiger charge is -2.53. The Labute approximate surface area is 212 Å². The Balaban J connectivity index is 2.13. The van der Waals surface area contributed by atoms with Crippen LogP contribution >= 0.6 is 0 Å². The molecule has 4 atom stereocenters. The number of phenols is 1. The number of hydrogen-bond donors (Lipinski definition) is 5. The van der Waals surface area contributed by atoms with Gasteiger partial charge in [-0.05, 0) is 44.6 Å². The lowest BCUT2D eigenvalue weighted by atomic mass is 9.52. The fourth-order valence-corrected chi connectivity index (χ4v) is 6.16. The molecule has 6 N–H and O–H groups in total. The van der Waals surface area contributed by atoms with E-state index in [0.717, 1.165) is 7.11 Å². The Kier molecular flexibility index (Phi) is 5.88. The standard InChI is InChI=1S/C25H29N3O9/c1-27(2)12-6-7-13(29)14-10(12)8-24(23(35)37-5)9-11-17(28(3)4)19(31)15(22(26)34)20(32)25(11,36)21(33)16(24)18(14)30/h6-7,11,17,29,31,33,36H,8-9H2,1-5H3,(H2,26,34)/t11-,17-,24+,25+/m0/s1. The second kappa shape index (κ2) is 8.32. The largest absolute Gasteiger partial charge is 0.510 e. The van der Waals surface area contributed by atoms with E-state index in [1.807, 2.05) is 0 Å². The minimum atomic E-state index is -2.87. The predicted octanol–water partition coefficient (Wildman–Crippen LogP) is -0.270. The SMILES string of the molecule is COC(=O)[C@@]12Cc3c(N(C)C)ccc(O)c3C(=O)C1=C(O)[C@]1(O)C(=O)C(C(N)=O)=C(O)[C@@H](N(C)C)[C@@H]1C2. The molecule has 0 unspecified atom stereocenters. The minimum absolute atomic E-state index is 0.199. The number of anilines is 1. The molecule has 1 amide bonds. The van der Waals surface area contributed by atoms with Gasteiger partial charge in [0.15, 0.2) is 11.4 Å². The highest BCUT2D eigenvalue weighted by Crippen LogP contribution is 2.58. The molecule has 3 aliphatic rings. The van der Waals surface area contributed by atoms with Crippen molar-refractivity contribution in [3.05, 3.63) is 45.9 Å². The van der Waals surface area contributed by atoms with Crippen LogP contribution in [-0.2, 0) is 25.5 Å². The molecule has 0 saturated carbocycles. The number of esters is 1. The molecule has 198 valence electrons. The number of nitrogens with zero attached hydrogens (tertiary/aromatic N) is 2. The molecule has 0 spiro atoms. The molecule has 1 aromatic rings. The highest BCUT2D eigenvalue weighted by Gasteiger charge is 2.68. The van der Waals surface area contributed by atoms with Gasteiger partial charge in [-0.15, -0.1) is 0 Å². The zero-order valence-corrected chi connectivity index (χ0v) is 21.0. The van der Waals surface area contributed by atoms with Crippen LogP contribution in [0.2, 0.25) is 0 Å². The number of amides is 1. The van der Waals surface area contributed by atoms with Gasteiger partial charge < -0.3 is 35.8 Å². The summed E-state index contributed by atoms with van der Waals surface area (Å²) < 4.78 is 5.07. The molecule has 4 rings (SSSR count). The molecule has 0 heterocycles. The average molecular weight is 516 g/mol. The van der Waals surface area contributed by atoms with Crippen molar-refractivity contribution in [2.24, 2.45) is 17.1 Å². The van der Waals surface area contributed by atoms with Crippen LogP contribution in [0.25, 0.3) is 0 Å². The first-order valence-electron chi connectivity index (χ1n) is 11.4. The number of benzene rings is 1. The number of Topliss-reactive ketones (excluding diaryl/α,β-unsaturated/α-hetero) is 2. The fraction of sp³-hybridized carbons (Fsp3) is 0.440. The normalized spacial score (nSPS) is 29.1. The molecule has 0 radical (unpaired) electrons. The van der Waals surface area contributed by atoms with E-state index < -0.39 is 81.3 Å². The summed E-state index contributed by atoms with van der Waals surface area (Å²) in [5.41, 5.74) is -0.338. The summed E-state index contributed by atoms with van der Waals surface area (Å²) >= 11 is 0. The molecule has 0 saturated heterocycles. The van der Waals surface area contributed by atoms with Crippen LogP contribution in [0.3, 0.4) is 0 Å². The van der Waals surface area contributed by atoms with E-state index in [4.69, 9.17) is 10.5 Å². The number of aliphatic hydroxyl groups excluding tert-OH is 2. The summed E-state index contributed by atoms with van der Waals surface area (Å²) in [7, 11) is 7.52. The van der Waals surface area contributed by atoms with Gasteiger partial charge in [-0.2, -0.15) is 0 Å². The summed E-state index contributed by atoms with van der Waals surface area (Å²) in [4.78, 5) is 56.0. The number of nitrogens with two attached hydrogens (primary N) is 1. The summed E-state index contributed by atoms with van der Waals surface area (Å²) in [5.74, 6) is -8.31. The van der Waals surface area contributed by atoms with Crippen LogP contribution in [0.5, 0.6) is 5.75 Å². The van der Waals surface area contributed by atoms with E-state index in [2.05, 4.69) is 0 Å². The van der Waals surface area contributed by atoms with E-state index in [1.165, 1.54) is 25.1 Å². The third kappa shape index (κ3) is 3.22. The predicted molar refractivity (Wildman–Crippen MR) is 129 cm³/mol. The summed E-state index contributed by atoms with van der Waals surface area (Å²) in [6.07, 6.45) is -0.649. The lowest BCUT2D eigenvalue weighted by molar-refractivity contribution is -0.163. The maximum Gasteiger partial charge on any atom is 0.316 e. The van der Waals surface area contributed by atoms with E-state index in [1.54, 1.807) is 25.1 Å². The molecule has 0 fully saturated rings. The fourth-order valence-electron chi connectivity index (χ4n) is 6.16. The first kappa shape index (κ1) is 26.2. The number of ether oxygens (including phenoxy) is 1. The molecule has 3 aliphatic carbocycles. The quantitative estimate of drug-likeness (QED) is 0.262. The minimum Gasteiger partial charge on any atom is -0.510 e. The number of primary amides is 1. The van der Waals surface area contributed by atoms with Crippen molar-refractivity contribution in [3.63, 3.8) is 0 Å². The Bertz CT molecular complexity index is 1330. The van der Waals surface area contributed by atoms with Crippen LogP contribution in [0.4, 0.5) is 5.69 Å². The van der Waals surface area contributed by atoms with Crippen LogP contribution in [0, 0.1) is 11.3 Å². The van der Waals surface area contributed by atoms with Crippen molar-refractivity contribution in [1.29, 1.82) is 0 Å². The molecular weight excluding hydrogens is 486 g/mol. The van der Waals surface area contributed by atoms with Crippen molar-refractivity contribution in [2.75, 3.05) is 40.2 Å². The number of carbonyl (C=O) groups is 4. The van der Waals surface area contributed by atoms with Gasteiger partial charge in [-0.3, -0.25) is 24.1 Å². The maximum absolute atomic E-state index is 13.9. The average Bonchev–Trinajstić information content (AvgIpc) is 2.80. The van der Waals surface area contributed by atoms with Gasteiger partial charge in [-0.1, -0.05) is 0 Å². The first-order chi connectivity index (χ1) is 17.2. The molecule has 12 nitrogen and oxygen atoms in total. The number of aliphatic hydroxyl groups is 3. The molecular formula is C25H29N3O9. The molecule has 37 heavy (non-hydrogen) atoms. The van der Waals surface area contributed by atoms with Crippen molar-refractivity contribution in [3.8, 4) is 5.75 Å². The molecule has 1 aromatic carbocycles. The summed E-state index contributed by atoms with van der Waals surface area (Å²) in [6, 6.07) is 1.61. The van der Waals surface area contributed by atoms with Crippen LogP contribution < -0.4 is 10.6 Å². The van der Waals surface area contributed by atoms with E-state index in [0.29, 0.717) is 11.3 Å². The molecule has 0 aliphatic heterocycles. The zero-order chi connectivity index (χ0) is 27.8. The monoisotopic (exact) mass is 515 g/mol. The van der Waals surface area contributed by atoms with Gasteiger partial charge in [0.1, 0.15) is 28.3 Å². The van der Waals surface area contributed by atoms with Gasteiger partial charge in [0.05, 0.1) is 24.3 Å². The topological polar surface area (TPSA) is 191 Å². The number of fused-ring (bicyclic) bond motifs is 3. The van der Waals surface area contributed by atoms with Crippen LogP contribution in [0.15, 0.2) is 34.8 Å². The highest BCUT2D eigenvalue weighted by molar-refractivity contribution is 6.25. The van der Waals surface area contributed by atoms with Crippen molar-refractivity contribution >= 4 is 29.1 Å². The Hall–Kier alpha value is -3.90. The number of methoxy groups -OCH3 is 1.